The highest BCUT2D eigenvalue weighted by Crippen LogP contribution is 2.49. The van der Waals surface area contributed by atoms with Crippen LogP contribution in [0.2, 0.25) is 10.0 Å². The predicted molar refractivity (Wildman–Crippen MR) is 110 cm³/mol. The van der Waals surface area contributed by atoms with E-state index >= 15 is 0 Å². The number of alkyl halides is 3. The van der Waals surface area contributed by atoms with Gasteiger partial charge in [-0.3, -0.25) is 4.79 Å². The topological polar surface area (TPSA) is 50.7 Å². The Balaban J connectivity index is 1.87. The molecule has 0 aliphatic carbocycles. The van der Waals surface area contributed by atoms with E-state index in [-0.39, 0.29) is 27.2 Å². The molecule has 1 atom stereocenters. The molecule has 1 aliphatic rings. The number of nitrogens with one attached hydrogen (secondary N) is 1. The van der Waals surface area contributed by atoms with E-state index in [1.54, 1.807) is 12.1 Å². The first-order valence-electron chi connectivity index (χ1n) is 9.03. The molecule has 0 aromatic heterocycles. The van der Waals surface area contributed by atoms with Gasteiger partial charge in [-0.1, -0.05) is 46.6 Å². The van der Waals surface area contributed by atoms with Crippen LogP contribution >= 0.6 is 23.2 Å². The zero-order valence-electron chi connectivity index (χ0n) is 16.4. The van der Waals surface area contributed by atoms with Crippen molar-refractivity contribution in [2.24, 2.45) is 5.16 Å². The zero-order valence-corrected chi connectivity index (χ0v) is 17.9. The highest BCUT2D eigenvalue weighted by molar-refractivity contribution is 6.42. The lowest BCUT2D eigenvalue weighted by atomic mass is 9.86. The normalized spacial score (nSPS) is 19.3. The largest absolute Gasteiger partial charge is 0.435 e. The Bertz CT molecular complexity index is 999. The first-order valence-corrected chi connectivity index (χ1v) is 9.78. The van der Waals surface area contributed by atoms with Crippen molar-refractivity contribution in [3.63, 3.8) is 0 Å². The van der Waals surface area contributed by atoms with Crippen LogP contribution in [-0.4, -0.2) is 23.3 Å². The number of amides is 1. The maximum atomic E-state index is 14.0. The van der Waals surface area contributed by atoms with E-state index in [1.807, 2.05) is 20.8 Å². The third-order valence-electron chi connectivity index (χ3n) is 4.54. The molecule has 1 amide bonds. The molecular formula is C21H19Cl2F3N2O2. The van der Waals surface area contributed by atoms with E-state index in [9.17, 15) is 18.0 Å². The Morgan fingerprint density at radius 3 is 2.23 bits per heavy atom. The first kappa shape index (κ1) is 22.4. The molecular weight excluding hydrogens is 440 g/mol. The van der Waals surface area contributed by atoms with E-state index in [1.165, 1.54) is 24.3 Å². The average Bonchev–Trinajstić information content (AvgIpc) is 3.09. The third kappa shape index (κ3) is 4.42. The third-order valence-corrected chi connectivity index (χ3v) is 5.28. The molecule has 2 aromatic carbocycles. The van der Waals surface area contributed by atoms with Gasteiger partial charge in [0, 0.05) is 23.1 Å². The van der Waals surface area contributed by atoms with Gasteiger partial charge in [0.1, 0.15) is 0 Å². The fraction of sp³-hybridized carbons (Fsp3) is 0.333. The smallest absolute Gasteiger partial charge is 0.374 e. The molecule has 4 nitrogen and oxygen atoms in total. The summed E-state index contributed by atoms with van der Waals surface area (Å²) in [6.07, 6.45) is -5.29. The van der Waals surface area contributed by atoms with Gasteiger partial charge in [0.2, 0.25) is 0 Å². The predicted octanol–water partition coefficient (Wildman–Crippen LogP) is 6.10. The Labute approximate surface area is 182 Å². The maximum absolute atomic E-state index is 14.0. The lowest BCUT2D eigenvalue weighted by molar-refractivity contribution is -0.275. The lowest BCUT2D eigenvalue weighted by Crippen LogP contribution is -2.42. The van der Waals surface area contributed by atoms with E-state index < -0.39 is 23.7 Å². The summed E-state index contributed by atoms with van der Waals surface area (Å²) in [5.41, 5.74) is -2.34. The van der Waals surface area contributed by atoms with Gasteiger partial charge in [-0.25, -0.2) is 0 Å². The van der Waals surface area contributed by atoms with E-state index in [4.69, 9.17) is 28.0 Å². The summed E-state index contributed by atoms with van der Waals surface area (Å²) < 4.78 is 42.1. The minimum atomic E-state index is -4.75. The molecule has 0 radical (unpaired) electrons. The summed E-state index contributed by atoms with van der Waals surface area (Å²) in [5, 5.41) is 6.66. The van der Waals surface area contributed by atoms with E-state index in [0.717, 1.165) is 6.07 Å². The van der Waals surface area contributed by atoms with Crippen molar-refractivity contribution in [2.45, 2.75) is 44.5 Å². The van der Waals surface area contributed by atoms with Crippen molar-refractivity contribution < 1.29 is 22.8 Å². The molecule has 1 heterocycles. The standard InChI is InChI=1S/C21H19Cl2F3N2O2/c1-19(2,3)27-18(29)13-6-4-12(5-7-13)17-11-20(30-28-17,21(24,25)26)14-8-9-15(22)16(23)10-14/h4-10H,11H2,1-3H3,(H,27,29). The lowest BCUT2D eigenvalue weighted by Gasteiger charge is -2.29. The number of halogens is 5. The van der Waals surface area contributed by atoms with Crippen LogP contribution < -0.4 is 5.32 Å². The van der Waals surface area contributed by atoms with Crippen molar-refractivity contribution >= 4 is 34.8 Å². The summed E-state index contributed by atoms with van der Waals surface area (Å²) in [6, 6.07) is 9.80. The fourth-order valence-electron chi connectivity index (χ4n) is 3.03. The molecule has 0 fully saturated rings. The summed E-state index contributed by atoms with van der Waals surface area (Å²) in [6.45, 7) is 5.55. The second kappa shape index (κ2) is 7.78. The fourth-order valence-corrected chi connectivity index (χ4v) is 3.33. The van der Waals surface area contributed by atoms with Crippen molar-refractivity contribution in [3.05, 3.63) is 69.2 Å². The molecule has 30 heavy (non-hydrogen) atoms. The van der Waals surface area contributed by atoms with Gasteiger partial charge in [0.05, 0.1) is 15.8 Å². The van der Waals surface area contributed by atoms with Crippen molar-refractivity contribution in [3.8, 4) is 0 Å². The van der Waals surface area contributed by atoms with Crippen LogP contribution in [0.4, 0.5) is 13.2 Å². The van der Waals surface area contributed by atoms with Crippen LogP contribution in [0, 0.1) is 0 Å². The van der Waals surface area contributed by atoms with Crippen LogP contribution in [0.5, 0.6) is 0 Å². The van der Waals surface area contributed by atoms with Crippen molar-refractivity contribution in [2.75, 3.05) is 0 Å². The number of carbonyl (C=O) groups excluding carboxylic acids is 1. The zero-order chi connectivity index (χ0) is 22.3. The van der Waals surface area contributed by atoms with Crippen molar-refractivity contribution in [1.82, 2.24) is 5.32 Å². The molecule has 9 heteroatoms. The Morgan fingerprint density at radius 2 is 1.70 bits per heavy atom. The molecule has 1 aliphatic heterocycles. The number of nitrogens with zero attached hydrogens (tertiary/aromatic N) is 1. The van der Waals surface area contributed by atoms with Gasteiger partial charge in [-0.05, 0) is 50.6 Å². The minimum Gasteiger partial charge on any atom is -0.374 e. The number of benzene rings is 2. The number of hydrogen-bond acceptors (Lipinski definition) is 3. The van der Waals surface area contributed by atoms with E-state index in [2.05, 4.69) is 10.5 Å². The van der Waals surface area contributed by atoms with Crippen LogP contribution in [-0.2, 0) is 10.4 Å². The van der Waals surface area contributed by atoms with Gasteiger partial charge in [0.25, 0.3) is 11.5 Å². The minimum absolute atomic E-state index is 0.0101. The molecule has 2 aromatic rings. The van der Waals surface area contributed by atoms with Gasteiger partial charge in [-0.2, -0.15) is 13.2 Å². The number of carbonyl (C=O) groups is 1. The second-order valence-corrected chi connectivity index (χ2v) is 8.86. The van der Waals surface area contributed by atoms with Crippen LogP contribution in [0.1, 0.15) is 48.7 Å². The molecule has 0 saturated carbocycles. The van der Waals surface area contributed by atoms with Gasteiger partial charge < -0.3 is 10.2 Å². The van der Waals surface area contributed by atoms with Gasteiger partial charge >= 0.3 is 6.18 Å². The molecule has 1 unspecified atom stereocenters. The second-order valence-electron chi connectivity index (χ2n) is 8.04. The first-order chi connectivity index (χ1) is 13.8. The highest BCUT2D eigenvalue weighted by Gasteiger charge is 2.62. The average molecular weight is 459 g/mol. The molecule has 160 valence electrons. The quantitative estimate of drug-likeness (QED) is 0.603. The molecule has 0 bridgehead atoms. The van der Waals surface area contributed by atoms with Crippen LogP contribution in [0.15, 0.2) is 47.6 Å². The summed E-state index contributed by atoms with van der Waals surface area (Å²) in [7, 11) is 0. The monoisotopic (exact) mass is 458 g/mol. The van der Waals surface area contributed by atoms with Gasteiger partial charge in [0.15, 0.2) is 0 Å². The SMILES string of the molecule is CC(C)(C)NC(=O)c1ccc(C2=NOC(c3ccc(Cl)c(Cl)c3)(C(F)(F)F)C2)cc1. The molecule has 0 spiro atoms. The number of oxime groups is 1. The molecule has 3 rings (SSSR count). The number of rotatable bonds is 3. The Morgan fingerprint density at radius 1 is 1.07 bits per heavy atom. The highest BCUT2D eigenvalue weighted by atomic mass is 35.5. The molecule has 0 saturated heterocycles. The Hall–Kier alpha value is -2.25. The summed E-state index contributed by atoms with van der Waals surface area (Å²) in [5.74, 6) is -0.279. The summed E-state index contributed by atoms with van der Waals surface area (Å²) in [4.78, 5) is 17.2. The number of hydrogen-bond donors (Lipinski definition) is 1. The van der Waals surface area contributed by atoms with Gasteiger partial charge in [-0.15, -0.1) is 0 Å². The van der Waals surface area contributed by atoms with Crippen LogP contribution in [0.25, 0.3) is 0 Å². The van der Waals surface area contributed by atoms with Crippen molar-refractivity contribution in [1.29, 1.82) is 0 Å². The molecule has 1 N–H and O–H groups in total. The Kier molecular flexibility index (Phi) is 5.82. The van der Waals surface area contributed by atoms with E-state index in [0.29, 0.717) is 11.1 Å². The van der Waals surface area contributed by atoms with Crippen LogP contribution in [0.3, 0.4) is 0 Å². The summed E-state index contributed by atoms with van der Waals surface area (Å²) >= 11 is 11.8. The maximum Gasteiger partial charge on any atom is 0.435 e.